The summed E-state index contributed by atoms with van der Waals surface area (Å²) < 4.78 is 2.15. The van der Waals surface area contributed by atoms with E-state index in [1.807, 2.05) is 39.0 Å². The number of nitrogens with zero attached hydrogens (tertiary/aromatic N) is 6. The molecule has 6 rings (SSSR count). The number of pyridine rings is 1. The number of anilines is 1. The number of nitrogens with one attached hydrogen (secondary N) is 2. The molecule has 3 amide bonds. The van der Waals surface area contributed by atoms with Gasteiger partial charge in [-0.3, -0.25) is 23.9 Å². The first-order chi connectivity index (χ1) is 23.8. The molecule has 1 unspecified atom stereocenters. The number of benzene rings is 1. The van der Waals surface area contributed by atoms with Gasteiger partial charge in [0.25, 0.3) is 0 Å². The van der Waals surface area contributed by atoms with E-state index in [2.05, 4.69) is 60.1 Å². The molecule has 1 aliphatic carbocycles. The van der Waals surface area contributed by atoms with Crippen molar-refractivity contribution in [1.82, 2.24) is 34.9 Å². The predicted octanol–water partition coefficient (Wildman–Crippen LogP) is 5.50. The summed E-state index contributed by atoms with van der Waals surface area (Å²) in [6.45, 7) is 13.0. The molecule has 2 N–H and O–H groups in total. The van der Waals surface area contributed by atoms with E-state index >= 15 is 0 Å². The Morgan fingerprint density at radius 3 is 2.52 bits per heavy atom. The number of aryl methyl sites for hydroxylation is 3. The highest BCUT2D eigenvalue weighted by Crippen LogP contribution is 2.64. The molecule has 2 fully saturated rings. The van der Waals surface area contributed by atoms with Gasteiger partial charge in [-0.1, -0.05) is 19.1 Å². The minimum Gasteiger partial charge on any atom is -0.355 e. The smallest absolute Gasteiger partial charge is 0.248 e. The lowest BCUT2D eigenvalue weighted by Gasteiger charge is -2.28. The number of carbonyl (C=O) groups is 4. The number of rotatable bonds is 12. The summed E-state index contributed by atoms with van der Waals surface area (Å²) in [7, 11) is 0. The maximum absolute atomic E-state index is 14.5. The molecule has 50 heavy (non-hydrogen) atoms. The Bertz CT molecular complexity index is 2030. The zero-order valence-corrected chi connectivity index (χ0v) is 30.5. The van der Waals surface area contributed by atoms with E-state index < -0.39 is 11.5 Å². The number of aromatic nitrogens is 5. The number of hydrogen-bond acceptors (Lipinski definition) is 8. The van der Waals surface area contributed by atoms with Gasteiger partial charge in [0, 0.05) is 54.7 Å². The molecule has 0 bridgehead atoms. The summed E-state index contributed by atoms with van der Waals surface area (Å²) in [6.07, 6.45) is 7.48. The second-order valence-electron chi connectivity index (χ2n) is 13.5. The number of unbranched alkanes of at least 4 members (excludes halogenated alkanes) is 1. The number of ketones is 1. The Kier molecular flexibility index (Phi) is 9.71. The van der Waals surface area contributed by atoms with E-state index in [-0.39, 0.29) is 47.7 Å². The van der Waals surface area contributed by atoms with Gasteiger partial charge in [-0.25, -0.2) is 15.0 Å². The van der Waals surface area contributed by atoms with Crippen LogP contribution in [0.2, 0.25) is 0 Å². The molecule has 13 heteroatoms. The molecule has 4 aromatic rings. The topological polar surface area (TPSA) is 152 Å². The molecule has 1 saturated carbocycles. The molecule has 0 spiro atoms. The highest BCUT2D eigenvalue weighted by Gasteiger charge is 2.72. The van der Waals surface area contributed by atoms with Crippen LogP contribution < -0.4 is 10.6 Å². The van der Waals surface area contributed by atoms with Crippen molar-refractivity contribution < 1.29 is 19.2 Å². The average Bonchev–Trinajstić information content (AvgIpc) is 3.34. The summed E-state index contributed by atoms with van der Waals surface area (Å²) >= 11 is 3.38. The van der Waals surface area contributed by atoms with Gasteiger partial charge in [0.05, 0.1) is 5.52 Å². The van der Waals surface area contributed by atoms with Crippen molar-refractivity contribution in [2.24, 2.45) is 11.3 Å². The molecule has 12 nitrogen and oxygen atoms in total. The molecular formula is C37H41BrN8O4. The minimum absolute atomic E-state index is 0.0536. The Balaban J connectivity index is 1.32. The Labute approximate surface area is 299 Å². The largest absolute Gasteiger partial charge is 0.355 e. The molecule has 0 radical (unpaired) electrons. The third kappa shape index (κ3) is 6.58. The summed E-state index contributed by atoms with van der Waals surface area (Å²) in [5.74, 6) is 0.172. The van der Waals surface area contributed by atoms with E-state index in [1.54, 1.807) is 34.1 Å². The van der Waals surface area contributed by atoms with Crippen molar-refractivity contribution >= 4 is 56.2 Å². The van der Waals surface area contributed by atoms with Gasteiger partial charge in [0.15, 0.2) is 5.78 Å². The first-order valence-electron chi connectivity index (χ1n) is 16.8. The Morgan fingerprint density at radius 2 is 1.82 bits per heavy atom. The number of fused-ring (bicyclic) bond motifs is 2. The predicted molar refractivity (Wildman–Crippen MR) is 193 cm³/mol. The second kappa shape index (κ2) is 13.9. The van der Waals surface area contributed by atoms with Crippen LogP contribution in [-0.4, -0.2) is 71.8 Å². The molecule has 3 aromatic heterocycles. The standard InChI is InChI=1S/C37H41BrN8O4/c1-7-8-9-10-30(48)41-19-37-15-28(36(50)43-35-20(2)11-12-29(38)42-35)46(34(37)22(37)4)31(49)18-45-33-21(3)13-25(26-16-39-24(6)40-17-26)14-27(33)32(44-45)23(5)47/h7,11-14,16-17,22,28,34H,1,8-10,15,18-19H2,2-6H3,(H,41,48)(H,42,43,50)/t22-,28-,34?,37+/m0/s1. The van der Waals surface area contributed by atoms with E-state index in [9.17, 15) is 19.2 Å². The summed E-state index contributed by atoms with van der Waals surface area (Å²) in [5, 5.41) is 11.3. The first kappa shape index (κ1) is 35.1. The fraction of sp³-hybridized carbons (Fsp3) is 0.405. The highest BCUT2D eigenvalue weighted by atomic mass is 79.9. The summed E-state index contributed by atoms with van der Waals surface area (Å²) in [5.41, 5.74) is 3.70. The van der Waals surface area contributed by atoms with Crippen LogP contribution >= 0.6 is 15.9 Å². The average molecular weight is 742 g/mol. The van der Waals surface area contributed by atoms with Crippen LogP contribution in [0.5, 0.6) is 0 Å². The number of allylic oxidation sites excluding steroid dienone is 1. The molecule has 4 heterocycles. The number of amides is 3. The van der Waals surface area contributed by atoms with Gasteiger partial charge in [-0.2, -0.15) is 5.10 Å². The fourth-order valence-electron chi connectivity index (χ4n) is 7.44. The number of hydrogen-bond donors (Lipinski definition) is 2. The van der Waals surface area contributed by atoms with Crippen molar-refractivity contribution in [2.45, 2.75) is 78.9 Å². The van der Waals surface area contributed by atoms with Gasteiger partial charge in [0.1, 0.15) is 34.5 Å². The molecule has 1 aliphatic heterocycles. The second-order valence-corrected chi connectivity index (χ2v) is 14.3. The summed E-state index contributed by atoms with van der Waals surface area (Å²) in [4.78, 5) is 68.7. The number of Topliss-reactive ketones (excluding diaryl/α,β-unsaturated/α-hetero) is 1. The van der Waals surface area contributed by atoms with Crippen molar-refractivity contribution in [1.29, 1.82) is 0 Å². The molecule has 2 aliphatic rings. The van der Waals surface area contributed by atoms with Crippen molar-refractivity contribution in [3.8, 4) is 11.1 Å². The van der Waals surface area contributed by atoms with Crippen molar-refractivity contribution in [3.05, 3.63) is 76.6 Å². The minimum atomic E-state index is -0.801. The number of carbonyl (C=O) groups excluding carboxylic acids is 4. The lowest BCUT2D eigenvalue weighted by atomic mass is 9.95. The zero-order valence-electron chi connectivity index (χ0n) is 28.9. The number of likely N-dealkylation sites (tertiary alicyclic amines) is 1. The van der Waals surface area contributed by atoms with E-state index in [4.69, 9.17) is 0 Å². The van der Waals surface area contributed by atoms with Crippen LogP contribution in [0.15, 0.2) is 53.9 Å². The fourth-order valence-corrected chi connectivity index (χ4v) is 7.75. The Morgan fingerprint density at radius 1 is 1.08 bits per heavy atom. The normalized spacial score (nSPS) is 20.8. The first-order valence-corrected chi connectivity index (χ1v) is 17.6. The Hall–Kier alpha value is -4.78. The lowest BCUT2D eigenvalue weighted by molar-refractivity contribution is -0.139. The molecule has 1 aromatic carbocycles. The molecular weight excluding hydrogens is 700 g/mol. The quantitative estimate of drug-likeness (QED) is 0.0837. The summed E-state index contributed by atoms with van der Waals surface area (Å²) in [6, 6.07) is 6.43. The third-order valence-corrected chi connectivity index (χ3v) is 10.6. The van der Waals surface area contributed by atoms with Gasteiger partial charge in [-0.15, -0.1) is 6.58 Å². The van der Waals surface area contributed by atoms with Crippen LogP contribution in [0.1, 0.15) is 67.0 Å². The van der Waals surface area contributed by atoms with Crippen molar-refractivity contribution in [2.75, 3.05) is 11.9 Å². The van der Waals surface area contributed by atoms with Crippen LogP contribution in [-0.2, 0) is 20.9 Å². The number of halogens is 1. The van der Waals surface area contributed by atoms with Gasteiger partial charge < -0.3 is 15.5 Å². The third-order valence-electron chi connectivity index (χ3n) is 10.2. The van der Waals surface area contributed by atoms with Gasteiger partial charge in [-0.05, 0) is 96.8 Å². The highest BCUT2D eigenvalue weighted by molar-refractivity contribution is 9.10. The van der Waals surface area contributed by atoms with Gasteiger partial charge in [0.2, 0.25) is 17.7 Å². The molecule has 1 saturated heterocycles. The van der Waals surface area contributed by atoms with Gasteiger partial charge >= 0.3 is 0 Å². The number of piperidine rings is 1. The maximum Gasteiger partial charge on any atom is 0.248 e. The molecule has 260 valence electrons. The zero-order chi connectivity index (χ0) is 35.9. The lowest BCUT2D eigenvalue weighted by Crippen LogP contribution is -2.47. The van der Waals surface area contributed by atoms with Crippen LogP contribution in [0.3, 0.4) is 0 Å². The van der Waals surface area contributed by atoms with E-state index in [1.165, 1.54) is 6.92 Å². The van der Waals surface area contributed by atoms with E-state index in [0.717, 1.165) is 28.7 Å². The van der Waals surface area contributed by atoms with Crippen LogP contribution in [0, 0.1) is 32.1 Å². The van der Waals surface area contributed by atoms with E-state index in [0.29, 0.717) is 53.0 Å². The SMILES string of the molecule is C=CCCCC(=O)NC[C@@]12C[C@@H](C(=O)Nc3nc(Br)ccc3C)N(C(=O)Cn3nc(C(C)=O)c4cc(-c5cnc(C)nc5)cc(C)c43)C1[C@@H]2C. The molecule has 4 atom stereocenters. The monoisotopic (exact) mass is 740 g/mol. The maximum atomic E-state index is 14.5. The van der Waals surface area contributed by atoms with Crippen LogP contribution in [0.4, 0.5) is 5.82 Å². The van der Waals surface area contributed by atoms with Crippen LogP contribution in [0.25, 0.3) is 22.0 Å². The van der Waals surface area contributed by atoms with Crippen molar-refractivity contribution in [3.63, 3.8) is 0 Å².